The Morgan fingerprint density at radius 1 is 1.60 bits per heavy atom. The van der Waals surface area contributed by atoms with Crippen molar-refractivity contribution < 1.29 is 0 Å². The van der Waals surface area contributed by atoms with E-state index in [0.29, 0.717) is 12.1 Å². The summed E-state index contributed by atoms with van der Waals surface area (Å²) in [7, 11) is 4.49. The summed E-state index contributed by atoms with van der Waals surface area (Å²) in [5.74, 6) is 0. The first-order valence-corrected chi connectivity index (χ1v) is 8.52. The van der Waals surface area contributed by atoms with Crippen LogP contribution in [0.4, 0.5) is 0 Å². The van der Waals surface area contributed by atoms with Crippen LogP contribution in [-0.4, -0.2) is 54.6 Å². The Bertz CT molecular complexity index is 406. The Kier molecular flexibility index (Phi) is 5.24. The molecule has 4 heteroatoms. The number of piperidine rings is 1. The molecule has 1 aromatic rings. The number of nitrogens with two attached hydrogens (primary N) is 1. The van der Waals surface area contributed by atoms with E-state index >= 15 is 0 Å². The number of hydrogen-bond donors (Lipinski definition) is 1. The molecule has 20 heavy (non-hydrogen) atoms. The van der Waals surface area contributed by atoms with Crippen LogP contribution in [0.1, 0.15) is 31.6 Å². The van der Waals surface area contributed by atoms with Crippen molar-refractivity contribution in [1.82, 2.24) is 9.80 Å². The van der Waals surface area contributed by atoms with Gasteiger partial charge in [0.2, 0.25) is 0 Å². The fourth-order valence-corrected chi connectivity index (χ4v) is 4.21. The van der Waals surface area contributed by atoms with E-state index in [-0.39, 0.29) is 5.54 Å². The third kappa shape index (κ3) is 3.25. The third-order valence-corrected chi connectivity index (χ3v) is 6.12. The van der Waals surface area contributed by atoms with Crippen molar-refractivity contribution in [1.29, 1.82) is 0 Å². The fraction of sp³-hybridized carbons (Fsp3) is 0.750. The predicted octanol–water partition coefficient (Wildman–Crippen LogP) is 2.42. The number of likely N-dealkylation sites (tertiary alicyclic amines) is 1. The highest BCUT2D eigenvalue weighted by molar-refractivity contribution is 7.09. The smallest absolute Gasteiger partial charge is 0.0358 e. The Morgan fingerprint density at radius 2 is 2.35 bits per heavy atom. The molecule has 114 valence electrons. The second-order valence-corrected chi connectivity index (χ2v) is 7.49. The Hall–Kier alpha value is -0.420. The highest BCUT2D eigenvalue weighted by Gasteiger charge is 2.40. The van der Waals surface area contributed by atoms with Gasteiger partial charge in [-0.05, 0) is 65.2 Å². The first-order chi connectivity index (χ1) is 9.48. The zero-order valence-corrected chi connectivity index (χ0v) is 14.1. The average Bonchev–Trinajstić information content (AvgIpc) is 2.94. The van der Waals surface area contributed by atoms with Crippen LogP contribution in [0.15, 0.2) is 17.5 Å². The average molecular weight is 295 g/mol. The first-order valence-electron chi connectivity index (χ1n) is 7.64. The van der Waals surface area contributed by atoms with Gasteiger partial charge in [0, 0.05) is 29.0 Å². The molecule has 2 heterocycles. The van der Waals surface area contributed by atoms with Crippen molar-refractivity contribution >= 4 is 11.3 Å². The van der Waals surface area contributed by atoms with Crippen molar-refractivity contribution in [2.24, 2.45) is 5.73 Å². The molecular weight excluding hydrogens is 266 g/mol. The van der Waals surface area contributed by atoms with Crippen LogP contribution in [-0.2, 0) is 6.42 Å². The summed E-state index contributed by atoms with van der Waals surface area (Å²) in [5, 5.41) is 2.17. The van der Waals surface area contributed by atoms with Crippen LogP contribution in [0.3, 0.4) is 0 Å². The highest BCUT2D eigenvalue weighted by Crippen LogP contribution is 2.32. The second-order valence-electron chi connectivity index (χ2n) is 6.46. The molecule has 3 atom stereocenters. The zero-order valence-electron chi connectivity index (χ0n) is 13.3. The van der Waals surface area contributed by atoms with E-state index in [1.165, 1.54) is 17.7 Å². The minimum atomic E-state index is 0.169. The van der Waals surface area contributed by atoms with Gasteiger partial charge in [0.25, 0.3) is 0 Å². The number of likely N-dealkylation sites (N-methyl/N-ethyl adjacent to an activating group) is 1. The van der Waals surface area contributed by atoms with E-state index in [4.69, 9.17) is 5.73 Å². The van der Waals surface area contributed by atoms with E-state index in [1.807, 2.05) is 11.3 Å². The highest BCUT2D eigenvalue weighted by atomic mass is 32.1. The van der Waals surface area contributed by atoms with Crippen LogP contribution < -0.4 is 5.73 Å². The van der Waals surface area contributed by atoms with Gasteiger partial charge in [0.15, 0.2) is 0 Å². The quantitative estimate of drug-likeness (QED) is 0.905. The summed E-state index contributed by atoms with van der Waals surface area (Å²) >= 11 is 1.86. The molecular formula is C16H29N3S. The van der Waals surface area contributed by atoms with Crippen molar-refractivity contribution in [3.63, 3.8) is 0 Å². The van der Waals surface area contributed by atoms with Gasteiger partial charge in [-0.3, -0.25) is 4.90 Å². The molecule has 0 radical (unpaired) electrons. The lowest BCUT2D eigenvalue weighted by Gasteiger charge is -2.51. The van der Waals surface area contributed by atoms with Crippen LogP contribution >= 0.6 is 11.3 Å². The fourth-order valence-electron chi connectivity index (χ4n) is 3.39. The van der Waals surface area contributed by atoms with Gasteiger partial charge in [-0.1, -0.05) is 6.07 Å². The summed E-state index contributed by atoms with van der Waals surface area (Å²) < 4.78 is 0. The molecule has 1 aromatic heterocycles. The van der Waals surface area contributed by atoms with Gasteiger partial charge >= 0.3 is 0 Å². The second kappa shape index (κ2) is 6.56. The maximum atomic E-state index is 6.20. The summed E-state index contributed by atoms with van der Waals surface area (Å²) in [5.41, 5.74) is 6.37. The molecule has 0 aromatic carbocycles. The molecule has 1 fully saturated rings. The minimum absolute atomic E-state index is 0.169. The Morgan fingerprint density at radius 3 is 2.90 bits per heavy atom. The standard InChI is InChI=1S/C16H29N3S/c1-13(10-15-6-5-9-20-15)19(4)16(12-17)7-8-18(3)14(2)11-16/h5-6,9,13-14H,7-8,10-12,17H2,1-4H3. The number of thiophene rings is 1. The van der Waals surface area contributed by atoms with E-state index in [2.05, 4.69) is 55.3 Å². The van der Waals surface area contributed by atoms with E-state index in [1.54, 1.807) is 0 Å². The van der Waals surface area contributed by atoms with Crippen molar-refractivity contribution in [3.05, 3.63) is 22.4 Å². The van der Waals surface area contributed by atoms with Gasteiger partial charge in [0.05, 0.1) is 0 Å². The molecule has 3 nitrogen and oxygen atoms in total. The summed E-state index contributed by atoms with van der Waals surface area (Å²) in [6.07, 6.45) is 3.47. The Labute approximate surface area is 127 Å². The van der Waals surface area contributed by atoms with Gasteiger partial charge in [-0.25, -0.2) is 0 Å². The topological polar surface area (TPSA) is 32.5 Å². The molecule has 0 amide bonds. The van der Waals surface area contributed by atoms with Gasteiger partial charge in [-0.15, -0.1) is 11.3 Å². The third-order valence-electron chi connectivity index (χ3n) is 5.22. The first kappa shape index (κ1) is 16.0. The van der Waals surface area contributed by atoms with Crippen LogP contribution in [0.5, 0.6) is 0 Å². The number of nitrogens with zero attached hydrogens (tertiary/aromatic N) is 2. The SMILES string of the molecule is CC1CC(CN)(N(C)C(C)Cc2cccs2)CCN1C. The molecule has 0 saturated carbocycles. The summed E-state index contributed by atoms with van der Waals surface area (Å²) in [4.78, 5) is 6.47. The molecule has 1 aliphatic rings. The zero-order chi connectivity index (χ0) is 14.8. The summed E-state index contributed by atoms with van der Waals surface area (Å²) in [6.45, 7) is 6.56. The Balaban J connectivity index is 2.06. The molecule has 2 N–H and O–H groups in total. The van der Waals surface area contributed by atoms with Crippen LogP contribution in [0, 0.1) is 0 Å². The van der Waals surface area contributed by atoms with E-state index in [9.17, 15) is 0 Å². The lowest BCUT2D eigenvalue weighted by molar-refractivity contribution is 0.00571. The summed E-state index contributed by atoms with van der Waals surface area (Å²) in [6, 6.07) is 5.53. The van der Waals surface area contributed by atoms with E-state index < -0.39 is 0 Å². The molecule has 0 bridgehead atoms. The molecule has 1 aliphatic heterocycles. The molecule has 3 unspecified atom stereocenters. The van der Waals surface area contributed by atoms with E-state index in [0.717, 1.165) is 19.5 Å². The van der Waals surface area contributed by atoms with Gasteiger partial charge < -0.3 is 10.6 Å². The van der Waals surface area contributed by atoms with Gasteiger partial charge in [-0.2, -0.15) is 0 Å². The number of rotatable bonds is 5. The monoisotopic (exact) mass is 295 g/mol. The van der Waals surface area contributed by atoms with Crippen LogP contribution in [0.2, 0.25) is 0 Å². The van der Waals surface area contributed by atoms with Crippen molar-refractivity contribution in [3.8, 4) is 0 Å². The van der Waals surface area contributed by atoms with Crippen molar-refractivity contribution in [2.75, 3.05) is 27.2 Å². The van der Waals surface area contributed by atoms with Crippen LogP contribution in [0.25, 0.3) is 0 Å². The molecule has 1 saturated heterocycles. The predicted molar refractivity (Wildman–Crippen MR) is 88.4 cm³/mol. The lowest BCUT2D eigenvalue weighted by atomic mass is 9.81. The lowest BCUT2D eigenvalue weighted by Crippen LogP contribution is -2.62. The molecule has 0 spiro atoms. The normalized spacial score (nSPS) is 29.8. The minimum Gasteiger partial charge on any atom is -0.329 e. The maximum Gasteiger partial charge on any atom is 0.0358 e. The molecule has 0 aliphatic carbocycles. The largest absolute Gasteiger partial charge is 0.329 e. The van der Waals surface area contributed by atoms with Gasteiger partial charge in [0.1, 0.15) is 0 Å². The molecule has 2 rings (SSSR count). The van der Waals surface area contributed by atoms with Crippen molar-refractivity contribution in [2.45, 2.75) is 50.7 Å². The number of hydrogen-bond acceptors (Lipinski definition) is 4. The maximum absolute atomic E-state index is 6.20.